The monoisotopic (exact) mass is 388 g/mol. The maximum absolute atomic E-state index is 15.0. The summed E-state index contributed by atoms with van der Waals surface area (Å²) >= 11 is 0. The van der Waals surface area contributed by atoms with Gasteiger partial charge in [0.05, 0.1) is 19.9 Å². The molecule has 2 aliphatic rings. The zero-order chi connectivity index (χ0) is 19.8. The summed E-state index contributed by atoms with van der Waals surface area (Å²) in [6.45, 7) is 1.84. The molecule has 1 atom stereocenters. The van der Waals surface area contributed by atoms with Crippen LogP contribution in [0.3, 0.4) is 0 Å². The highest BCUT2D eigenvalue weighted by Gasteiger charge is 2.32. The van der Waals surface area contributed by atoms with Crippen LogP contribution in [0.15, 0.2) is 24.3 Å². The van der Waals surface area contributed by atoms with Gasteiger partial charge in [-0.3, -0.25) is 4.79 Å². The molecule has 5 nitrogen and oxygen atoms in total. The predicted molar refractivity (Wildman–Crippen MR) is 102 cm³/mol. The standard InChI is InChI=1S/C21H22F2N2O3/c1-27-18-11-16-14(9-17(18)25-7-3-4-8-25)13(10-19(26)24-16)12-5-6-15(22)21(28-2)20(12)23/h5-6,9,11,13H,3-4,7-8,10H2,1-2H3,(H,24,26). The van der Waals surface area contributed by atoms with Crippen molar-refractivity contribution >= 4 is 17.3 Å². The molecule has 1 unspecified atom stereocenters. The lowest BCUT2D eigenvalue weighted by Crippen LogP contribution is -2.26. The minimum atomic E-state index is -0.772. The zero-order valence-electron chi connectivity index (χ0n) is 15.9. The molecule has 2 aromatic rings. The summed E-state index contributed by atoms with van der Waals surface area (Å²) in [5.41, 5.74) is 2.54. The van der Waals surface area contributed by atoms with Crippen molar-refractivity contribution < 1.29 is 23.0 Å². The first-order valence-corrected chi connectivity index (χ1v) is 9.32. The normalized spacial score (nSPS) is 18.6. The number of carbonyl (C=O) groups excluding carboxylic acids is 1. The summed E-state index contributed by atoms with van der Waals surface area (Å²) in [6.07, 6.45) is 2.28. The van der Waals surface area contributed by atoms with Crippen molar-refractivity contribution in [3.63, 3.8) is 0 Å². The number of nitrogens with one attached hydrogen (secondary N) is 1. The van der Waals surface area contributed by atoms with Gasteiger partial charge in [0.1, 0.15) is 5.75 Å². The molecule has 1 saturated heterocycles. The fraction of sp³-hybridized carbons (Fsp3) is 0.381. The van der Waals surface area contributed by atoms with Crippen LogP contribution in [0.1, 0.15) is 36.3 Å². The Kier molecular flexibility index (Phi) is 4.83. The molecule has 0 saturated carbocycles. The Labute approximate surface area is 162 Å². The lowest BCUT2D eigenvalue weighted by atomic mass is 9.84. The number of rotatable bonds is 4. The van der Waals surface area contributed by atoms with Crippen molar-refractivity contribution in [1.29, 1.82) is 0 Å². The van der Waals surface area contributed by atoms with Gasteiger partial charge in [0.25, 0.3) is 0 Å². The van der Waals surface area contributed by atoms with Gasteiger partial charge in [0.2, 0.25) is 5.91 Å². The van der Waals surface area contributed by atoms with Gasteiger partial charge in [-0.05, 0) is 36.1 Å². The van der Waals surface area contributed by atoms with Crippen molar-refractivity contribution in [2.45, 2.75) is 25.2 Å². The molecule has 7 heteroatoms. The van der Waals surface area contributed by atoms with Crippen molar-refractivity contribution in [2.24, 2.45) is 0 Å². The first-order valence-electron chi connectivity index (χ1n) is 9.32. The van der Waals surface area contributed by atoms with Gasteiger partial charge in [-0.2, -0.15) is 0 Å². The molecule has 2 heterocycles. The van der Waals surface area contributed by atoms with Crippen molar-refractivity contribution in [2.75, 3.05) is 37.5 Å². The summed E-state index contributed by atoms with van der Waals surface area (Å²) in [6, 6.07) is 6.30. The van der Waals surface area contributed by atoms with E-state index in [1.807, 2.05) is 6.07 Å². The molecule has 2 aromatic carbocycles. The Morgan fingerprint density at radius 1 is 1.07 bits per heavy atom. The first-order chi connectivity index (χ1) is 13.5. The maximum Gasteiger partial charge on any atom is 0.225 e. The van der Waals surface area contributed by atoms with Crippen LogP contribution in [0.5, 0.6) is 11.5 Å². The molecular formula is C21H22F2N2O3. The topological polar surface area (TPSA) is 50.8 Å². The zero-order valence-corrected chi connectivity index (χ0v) is 15.9. The number of carbonyl (C=O) groups is 1. The SMILES string of the molecule is COc1cc2c(cc1N1CCCC1)C(c1ccc(F)c(OC)c1F)CC(=O)N2. The third-order valence-corrected chi connectivity index (χ3v) is 5.50. The molecule has 0 bridgehead atoms. The smallest absolute Gasteiger partial charge is 0.225 e. The van der Waals surface area contributed by atoms with Crippen LogP contribution in [0.25, 0.3) is 0 Å². The van der Waals surface area contributed by atoms with Gasteiger partial charge >= 0.3 is 0 Å². The quantitative estimate of drug-likeness (QED) is 0.858. The molecule has 0 spiro atoms. The van der Waals surface area contributed by atoms with Gasteiger partial charge in [0, 0.05) is 37.2 Å². The molecule has 1 fully saturated rings. The van der Waals surface area contributed by atoms with E-state index in [1.165, 1.54) is 19.2 Å². The van der Waals surface area contributed by atoms with Gasteiger partial charge in [0.15, 0.2) is 17.4 Å². The fourth-order valence-corrected chi connectivity index (χ4v) is 4.13. The van der Waals surface area contributed by atoms with Crippen LogP contribution in [-0.2, 0) is 4.79 Å². The summed E-state index contributed by atoms with van der Waals surface area (Å²) in [7, 11) is 2.82. The van der Waals surface area contributed by atoms with E-state index in [-0.39, 0.29) is 17.9 Å². The molecule has 2 aliphatic heterocycles. The van der Waals surface area contributed by atoms with E-state index < -0.39 is 23.3 Å². The average molecular weight is 388 g/mol. The molecule has 0 radical (unpaired) electrons. The highest BCUT2D eigenvalue weighted by Crippen LogP contribution is 2.45. The van der Waals surface area contributed by atoms with Crippen LogP contribution >= 0.6 is 0 Å². The van der Waals surface area contributed by atoms with Crippen LogP contribution in [0, 0.1) is 11.6 Å². The minimum Gasteiger partial charge on any atom is -0.495 e. The fourth-order valence-electron chi connectivity index (χ4n) is 4.13. The maximum atomic E-state index is 15.0. The number of benzene rings is 2. The number of nitrogens with zero attached hydrogens (tertiary/aromatic N) is 1. The summed E-state index contributed by atoms with van der Waals surface area (Å²) < 4.78 is 39.2. The lowest BCUT2D eigenvalue weighted by Gasteiger charge is -2.30. The number of hydrogen-bond donors (Lipinski definition) is 1. The number of anilines is 2. The molecule has 1 N–H and O–H groups in total. The Morgan fingerprint density at radius 2 is 1.82 bits per heavy atom. The second-order valence-electron chi connectivity index (χ2n) is 7.09. The molecular weight excluding hydrogens is 366 g/mol. The van der Waals surface area contributed by atoms with Gasteiger partial charge in [-0.15, -0.1) is 0 Å². The number of amides is 1. The second kappa shape index (κ2) is 7.30. The summed E-state index contributed by atoms with van der Waals surface area (Å²) in [5, 5.41) is 2.85. The van der Waals surface area contributed by atoms with Gasteiger partial charge in [-0.25, -0.2) is 8.78 Å². The van der Waals surface area contributed by atoms with Crippen LogP contribution in [-0.4, -0.2) is 33.2 Å². The van der Waals surface area contributed by atoms with E-state index in [1.54, 1.807) is 13.2 Å². The Morgan fingerprint density at radius 3 is 2.50 bits per heavy atom. The van der Waals surface area contributed by atoms with Gasteiger partial charge in [-0.1, -0.05) is 6.07 Å². The van der Waals surface area contributed by atoms with Crippen LogP contribution < -0.4 is 19.7 Å². The van der Waals surface area contributed by atoms with Crippen molar-refractivity contribution in [1.82, 2.24) is 0 Å². The molecule has 148 valence electrons. The lowest BCUT2D eigenvalue weighted by molar-refractivity contribution is -0.116. The number of methoxy groups -OCH3 is 2. The highest BCUT2D eigenvalue weighted by atomic mass is 19.1. The molecule has 0 aromatic heterocycles. The minimum absolute atomic E-state index is 0.0739. The van der Waals surface area contributed by atoms with E-state index in [4.69, 9.17) is 9.47 Å². The van der Waals surface area contributed by atoms with Crippen LogP contribution in [0.4, 0.5) is 20.2 Å². The van der Waals surface area contributed by atoms with E-state index in [0.717, 1.165) is 37.2 Å². The van der Waals surface area contributed by atoms with Crippen molar-refractivity contribution in [3.8, 4) is 11.5 Å². The third-order valence-electron chi connectivity index (χ3n) is 5.50. The number of halogens is 2. The number of ether oxygens (including phenoxy) is 2. The van der Waals surface area contributed by atoms with E-state index in [2.05, 4.69) is 10.2 Å². The summed E-state index contributed by atoms with van der Waals surface area (Å²) in [4.78, 5) is 14.5. The number of fused-ring (bicyclic) bond motifs is 1. The van der Waals surface area contributed by atoms with E-state index >= 15 is 0 Å². The third kappa shape index (κ3) is 3.04. The summed E-state index contributed by atoms with van der Waals surface area (Å²) in [5.74, 6) is -2.07. The van der Waals surface area contributed by atoms with E-state index in [9.17, 15) is 13.6 Å². The number of hydrogen-bond acceptors (Lipinski definition) is 4. The Balaban J connectivity index is 1.86. The molecule has 28 heavy (non-hydrogen) atoms. The van der Waals surface area contributed by atoms with Crippen molar-refractivity contribution in [3.05, 3.63) is 47.0 Å². The Bertz CT molecular complexity index is 926. The Hall–Kier alpha value is -2.83. The highest BCUT2D eigenvalue weighted by molar-refractivity contribution is 5.96. The largest absolute Gasteiger partial charge is 0.495 e. The average Bonchev–Trinajstić information content (AvgIpc) is 3.21. The molecule has 4 rings (SSSR count). The molecule has 0 aliphatic carbocycles. The molecule has 1 amide bonds. The first kappa shape index (κ1) is 18.5. The predicted octanol–water partition coefficient (Wildman–Crippen LogP) is 4.06. The van der Waals surface area contributed by atoms with Gasteiger partial charge < -0.3 is 19.7 Å². The second-order valence-corrected chi connectivity index (χ2v) is 7.09. The van der Waals surface area contributed by atoms with Crippen LogP contribution in [0.2, 0.25) is 0 Å². The van der Waals surface area contributed by atoms with E-state index in [0.29, 0.717) is 11.4 Å².